The van der Waals surface area contributed by atoms with Gasteiger partial charge in [0.05, 0.1) is 12.0 Å². The highest BCUT2D eigenvalue weighted by Crippen LogP contribution is 2.39. The fraction of sp³-hybridized carbons (Fsp3) is 0.500. The molecule has 4 rings (SSSR count). The van der Waals surface area contributed by atoms with Gasteiger partial charge in [0.1, 0.15) is 17.3 Å². The number of ether oxygens (including phenoxy) is 1. The number of carbonyl (C=O) groups excluding carboxylic acids is 2. The highest BCUT2D eigenvalue weighted by Gasteiger charge is 2.47. The zero-order valence-electron chi connectivity index (χ0n) is 16.5. The van der Waals surface area contributed by atoms with E-state index >= 15 is 0 Å². The normalized spacial score (nSPS) is 21.8. The number of halogens is 1. The number of aromatic nitrogens is 1. The van der Waals surface area contributed by atoms with Gasteiger partial charge in [-0.3, -0.25) is 9.59 Å². The number of piperidine rings is 1. The minimum atomic E-state index is -0.835. The van der Waals surface area contributed by atoms with Crippen LogP contribution in [-0.4, -0.2) is 41.6 Å². The number of hydrogen-bond acceptors (Lipinski definition) is 5. The fourth-order valence-corrected chi connectivity index (χ4v) is 4.06. The van der Waals surface area contributed by atoms with Crippen molar-refractivity contribution in [2.24, 2.45) is 11.3 Å². The van der Waals surface area contributed by atoms with Crippen LogP contribution in [0.5, 0.6) is 0 Å². The second kappa shape index (κ2) is 7.97. The van der Waals surface area contributed by atoms with Crippen LogP contribution in [0.25, 0.3) is 11.3 Å². The summed E-state index contributed by atoms with van der Waals surface area (Å²) in [5.41, 5.74) is 0.486. The van der Waals surface area contributed by atoms with Crippen LogP contribution in [0.1, 0.15) is 38.4 Å². The molecule has 0 unspecified atom stereocenters. The molecule has 2 heterocycles. The van der Waals surface area contributed by atoms with Gasteiger partial charge in [-0.2, -0.15) is 0 Å². The molecule has 1 saturated heterocycles. The lowest BCUT2D eigenvalue weighted by Crippen LogP contribution is -2.52. The quantitative estimate of drug-likeness (QED) is 0.693. The van der Waals surface area contributed by atoms with E-state index in [1.165, 1.54) is 12.1 Å². The van der Waals surface area contributed by atoms with Gasteiger partial charge in [-0.05, 0) is 56.9 Å². The molecule has 29 heavy (non-hydrogen) atoms. The third kappa shape index (κ3) is 4.18. The molecule has 1 saturated carbocycles. The summed E-state index contributed by atoms with van der Waals surface area (Å²) in [5, 5.41) is 4.08. The summed E-state index contributed by atoms with van der Waals surface area (Å²) < 4.78 is 24.1. The number of esters is 1. The van der Waals surface area contributed by atoms with Crippen LogP contribution in [0, 0.1) is 17.2 Å². The van der Waals surface area contributed by atoms with Crippen molar-refractivity contribution < 1.29 is 23.2 Å². The third-order valence-corrected chi connectivity index (χ3v) is 5.74. The number of hydrogen-bond donors (Lipinski definition) is 0. The Bertz CT molecular complexity index is 890. The molecule has 0 spiro atoms. The number of benzene rings is 1. The van der Waals surface area contributed by atoms with Gasteiger partial charge in [-0.15, -0.1) is 0 Å². The maximum Gasteiger partial charge on any atom is 0.314 e. The zero-order chi connectivity index (χ0) is 20.4. The topological polar surface area (TPSA) is 72.6 Å². The Balaban J connectivity index is 1.56. The minimum absolute atomic E-state index is 0.114. The van der Waals surface area contributed by atoms with Crippen molar-refractivity contribution in [2.45, 2.75) is 39.0 Å². The summed E-state index contributed by atoms with van der Waals surface area (Å²) in [4.78, 5) is 27.3. The van der Waals surface area contributed by atoms with Crippen LogP contribution in [0.15, 0.2) is 34.9 Å². The third-order valence-electron chi connectivity index (χ3n) is 5.74. The number of rotatable bonds is 6. The maximum absolute atomic E-state index is 13.2. The van der Waals surface area contributed by atoms with Crippen molar-refractivity contribution >= 4 is 11.9 Å². The first kappa shape index (κ1) is 19.6. The van der Waals surface area contributed by atoms with Crippen molar-refractivity contribution in [2.75, 3.05) is 19.7 Å². The van der Waals surface area contributed by atoms with E-state index in [4.69, 9.17) is 9.26 Å². The van der Waals surface area contributed by atoms with Crippen LogP contribution >= 0.6 is 0 Å². The van der Waals surface area contributed by atoms with E-state index in [-0.39, 0.29) is 30.2 Å². The van der Waals surface area contributed by atoms with E-state index < -0.39 is 5.41 Å². The van der Waals surface area contributed by atoms with Gasteiger partial charge in [0.2, 0.25) is 5.91 Å². The Morgan fingerprint density at radius 3 is 2.76 bits per heavy atom. The molecule has 1 atom stereocenters. The predicted molar refractivity (Wildman–Crippen MR) is 103 cm³/mol. The average molecular weight is 400 g/mol. The lowest BCUT2D eigenvalue weighted by atomic mass is 9.76. The van der Waals surface area contributed by atoms with Crippen molar-refractivity contribution in [1.29, 1.82) is 0 Å². The van der Waals surface area contributed by atoms with E-state index in [1.807, 2.05) is 4.90 Å². The minimum Gasteiger partial charge on any atom is -0.466 e. The van der Waals surface area contributed by atoms with Crippen molar-refractivity contribution in [3.8, 4) is 11.3 Å². The molecule has 2 aromatic rings. The van der Waals surface area contributed by atoms with E-state index in [9.17, 15) is 14.0 Å². The first-order valence-electron chi connectivity index (χ1n) is 10.2. The summed E-state index contributed by atoms with van der Waals surface area (Å²) in [5.74, 6) is 0.193. The van der Waals surface area contributed by atoms with Gasteiger partial charge in [-0.1, -0.05) is 5.16 Å². The van der Waals surface area contributed by atoms with Gasteiger partial charge in [0.25, 0.3) is 0 Å². The SMILES string of the molecule is CCOC(=O)[C@@]1(Cc2cc(-c3ccc(F)cc3)no2)CCCN(C(=O)C2CC2)C1. The summed E-state index contributed by atoms with van der Waals surface area (Å²) in [7, 11) is 0. The van der Waals surface area contributed by atoms with E-state index in [0.29, 0.717) is 37.4 Å². The maximum atomic E-state index is 13.2. The highest BCUT2D eigenvalue weighted by molar-refractivity contribution is 5.83. The van der Waals surface area contributed by atoms with Crippen LogP contribution < -0.4 is 0 Å². The smallest absolute Gasteiger partial charge is 0.314 e. The zero-order valence-corrected chi connectivity index (χ0v) is 16.5. The molecule has 7 heteroatoms. The van der Waals surface area contributed by atoms with Gasteiger partial charge in [0, 0.05) is 37.1 Å². The van der Waals surface area contributed by atoms with Crippen LogP contribution in [0.3, 0.4) is 0 Å². The van der Waals surface area contributed by atoms with Gasteiger partial charge >= 0.3 is 5.97 Å². The van der Waals surface area contributed by atoms with Crippen molar-refractivity contribution in [3.63, 3.8) is 0 Å². The molecule has 1 aliphatic heterocycles. The number of nitrogens with zero attached hydrogens (tertiary/aromatic N) is 2. The number of carbonyl (C=O) groups is 2. The first-order valence-corrected chi connectivity index (χ1v) is 10.2. The molecule has 0 bridgehead atoms. The van der Waals surface area contributed by atoms with E-state index in [0.717, 1.165) is 24.8 Å². The Labute approximate surface area is 169 Å². The Morgan fingerprint density at radius 1 is 1.31 bits per heavy atom. The lowest BCUT2D eigenvalue weighted by molar-refractivity contribution is -0.161. The number of likely N-dealkylation sites (tertiary alicyclic amines) is 1. The summed E-state index contributed by atoms with van der Waals surface area (Å²) in [6.07, 6.45) is 3.56. The molecule has 154 valence electrons. The second-order valence-corrected chi connectivity index (χ2v) is 8.00. The average Bonchev–Trinajstić information content (AvgIpc) is 3.48. The standard InChI is InChI=1S/C22H25FN2O4/c1-2-28-21(27)22(10-3-11-25(14-22)20(26)16-4-5-16)13-18-12-19(24-29-18)15-6-8-17(23)9-7-15/h6-9,12,16H,2-5,10-11,13-14H2,1H3/t22-/m1/s1. The predicted octanol–water partition coefficient (Wildman–Crippen LogP) is 3.61. The molecule has 2 fully saturated rings. The molecule has 1 amide bonds. The Morgan fingerprint density at radius 2 is 2.07 bits per heavy atom. The molecule has 6 nitrogen and oxygen atoms in total. The van der Waals surface area contributed by atoms with Crippen molar-refractivity contribution in [1.82, 2.24) is 10.1 Å². The van der Waals surface area contributed by atoms with Gasteiger partial charge in [-0.25, -0.2) is 4.39 Å². The molecule has 1 aromatic heterocycles. The van der Waals surface area contributed by atoms with Gasteiger partial charge in [0.15, 0.2) is 0 Å². The summed E-state index contributed by atoms with van der Waals surface area (Å²) in [6, 6.07) is 7.78. The van der Waals surface area contributed by atoms with E-state index in [1.54, 1.807) is 25.1 Å². The molecule has 1 aliphatic carbocycles. The summed E-state index contributed by atoms with van der Waals surface area (Å²) in [6.45, 7) is 3.08. The van der Waals surface area contributed by atoms with Crippen molar-refractivity contribution in [3.05, 3.63) is 41.9 Å². The highest BCUT2D eigenvalue weighted by atomic mass is 19.1. The molecular formula is C22H25FN2O4. The Kier molecular flexibility index (Phi) is 5.39. The lowest BCUT2D eigenvalue weighted by Gasteiger charge is -2.40. The van der Waals surface area contributed by atoms with E-state index in [2.05, 4.69) is 5.16 Å². The fourth-order valence-electron chi connectivity index (χ4n) is 4.06. The van der Waals surface area contributed by atoms with Crippen LogP contribution in [-0.2, 0) is 20.7 Å². The molecule has 0 N–H and O–H groups in total. The monoisotopic (exact) mass is 400 g/mol. The summed E-state index contributed by atoms with van der Waals surface area (Å²) >= 11 is 0. The molecular weight excluding hydrogens is 375 g/mol. The molecule has 1 aromatic carbocycles. The van der Waals surface area contributed by atoms with Crippen LogP contribution in [0.2, 0.25) is 0 Å². The largest absolute Gasteiger partial charge is 0.466 e. The van der Waals surface area contributed by atoms with Gasteiger partial charge < -0.3 is 14.2 Å². The number of amides is 1. The molecule has 0 radical (unpaired) electrons. The molecule has 2 aliphatic rings. The van der Waals surface area contributed by atoms with Crippen LogP contribution in [0.4, 0.5) is 4.39 Å². The first-order chi connectivity index (χ1) is 14.0. The Hall–Kier alpha value is -2.70. The second-order valence-electron chi connectivity index (χ2n) is 8.00.